The van der Waals surface area contributed by atoms with Crippen molar-refractivity contribution in [2.75, 3.05) is 7.11 Å². The lowest BCUT2D eigenvalue weighted by Gasteiger charge is -2.11. The lowest BCUT2D eigenvalue weighted by atomic mass is 10.1. The molecule has 0 spiro atoms. The van der Waals surface area contributed by atoms with Crippen LogP contribution in [0.3, 0.4) is 0 Å². The fourth-order valence-corrected chi connectivity index (χ4v) is 1.67. The average molecular weight is 229 g/mol. The molecule has 1 aromatic carbocycles. The Hall–Kier alpha value is -1.87. The van der Waals surface area contributed by atoms with Crippen LogP contribution in [0.4, 0.5) is 0 Å². The maximum atomic E-state index is 10.2. The van der Waals surface area contributed by atoms with Crippen molar-refractivity contribution >= 4 is 0 Å². The van der Waals surface area contributed by atoms with Crippen molar-refractivity contribution in [1.82, 2.24) is 4.98 Å². The Morgan fingerprint density at radius 3 is 2.41 bits per heavy atom. The first kappa shape index (κ1) is 11.6. The fraction of sp³-hybridized carbons (Fsp3) is 0.214. The summed E-state index contributed by atoms with van der Waals surface area (Å²) in [5.41, 5.74) is 2.37. The van der Waals surface area contributed by atoms with Gasteiger partial charge < -0.3 is 9.84 Å². The molecule has 17 heavy (non-hydrogen) atoms. The van der Waals surface area contributed by atoms with E-state index in [1.54, 1.807) is 7.11 Å². The Balaban J connectivity index is 2.27. The van der Waals surface area contributed by atoms with Crippen molar-refractivity contribution in [3.63, 3.8) is 0 Å². The molecule has 0 radical (unpaired) electrons. The van der Waals surface area contributed by atoms with Crippen molar-refractivity contribution in [1.29, 1.82) is 0 Å². The van der Waals surface area contributed by atoms with Crippen molar-refractivity contribution in [2.45, 2.75) is 13.0 Å². The molecule has 0 bridgehead atoms. The van der Waals surface area contributed by atoms with E-state index in [4.69, 9.17) is 4.74 Å². The van der Waals surface area contributed by atoms with Gasteiger partial charge in [-0.2, -0.15) is 0 Å². The van der Waals surface area contributed by atoms with Crippen LogP contribution in [0.5, 0.6) is 5.75 Å². The number of pyridine rings is 1. The normalized spacial score (nSPS) is 12.2. The van der Waals surface area contributed by atoms with Gasteiger partial charge in [-0.05, 0) is 36.8 Å². The predicted octanol–water partition coefficient (Wildman–Crippen LogP) is 2.48. The third-order valence-electron chi connectivity index (χ3n) is 2.62. The number of aryl methyl sites for hydroxylation is 1. The molecule has 0 fully saturated rings. The summed E-state index contributed by atoms with van der Waals surface area (Å²) in [6.07, 6.45) is -0.694. The van der Waals surface area contributed by atoms with Gasteiger partial charge in [0, 0.05) is 5.69 Å². The van der Waals surface area contributed by atoms with E-state index in [0.717, 1.165) is 17.0 Å². The van der Waals surface area contributed by atoms with Gasteiger partial charge in [-0.1, -0.05) is 18.2 Å². The largest absolute Gasteiger partial charge is 0.497 e. The lowest BCUT2D eigenvalue weighted by molar-refractivity contribution is 0.215. The Bertz CT molecular complexity index is 494. The minimum atomic E-state index is -0.694. The minimum Gasteiger partial charge on any atom is -0.497 e. The van der Waals surface area contributed by atoms with E-state index in [0.29, 0.717) is 5.69 Å². The zero-order chi connectivity index (χ0) is 12.3. The van der Waals surface area contributed by atoms with E-state index in [9.17, 15) is 5.11 Å². The molecule has 3 nitrogen and oxygen atoms in total. The highest BCUT2D eigenvalue weighted by atomic mass is 16.5. The van der Waals surface area contributed by atoms with Gasteiger partial charge in [0.2, 0.25) is 0 Å². The van der Waals surface area contributed by atoms with Gasteiger partial charge in [-0.25, -0.2) is 0 Å². The van der Waals surface area contributed by atoms with Crippen molar-refractivity contribution in [3.8, 4) is 5.75 Å². The molecule has 1 unspecified atom stereocenters. The summed E-state index contributed by atoms with van der Waals surface area (Å²) in [7, 11) is 1.62. The Kier molecular flexibility index (Phi) is 3.40. The molecule has 0 saturated carbocycles. The van der Waals surface area contributed by atoms with Crippen LogP contribution in [-0.2, 0) is 0 Å². The van der Waals surface area contributed by atoms with E-state index in [2.05, 4.69) is 4.98 Å². The lowest BCUT2D eigenvalue weighted by Crippen LogP contribution is -2.02. The van der Waals surface area contributed by atoms with Gasteiger partial charge in [-0.15, -0.1) is 0 Å². The van der Waals surface area contributed by atoms with E-state index < -0.39 is 6.10 Å². The second kappa shape index (κ2) is 4.97. The van der Waals surface area contributed by atoms with Gasteiger partial charge in [0.05, 0.1) is 12.8 Å². The average Bonchev–Trinajstić information content (AvgIpc) is 2.38. The molecule has 1 aromatic heterocycles. The first-order valence-corrected chi connectivity index (χ1v) is 5.46. The second-order valence-electron chi connectivity index (χ2n) is 3.88. The molecular formula is C14H15NO2. The molecule has 2 rings (SSSR count). The maximum Gasteiger partial charge on any atom is 0.121 e. The SMILES string of the molecule is COc1ccc(C(O)c2cccc(C)n2)cc1. The summed E-state index contributed by atoms with van der Waals surface area (Å²) in [4.78, 5) is 4.31. The number of nitrogens with zero attached hydrogens (tertiary/aromatic N) is 1. The maximum absolute atomic E-state index is 10.2. The molecule has 0 saturated heterocycles. The number of methoxy groups -OCH3 is 1. The number of hydrogen-bond donors (Lipinski definition) is 1. The number of benzene rings is 1. The second-order valence-corrected chi connectivity index (χ2v) is 3.88. The van der Waals surface area contributed by atoms with Gasteiger partial charge in [0.15, 0.2) is 0 Å². The monoisotopic (exact) mass is 229 g/mol. The molecule has 3 heteroatoms. The van der Waals surface area contributed by atoms with Gasteiger partial charge in [0.1, 0.15) is 11.9 Å². The molecule has 0 aliphatic heterocycles. The first-order chi connectivity index (χ1) is 8.20. The van der Waals surface area contributed by atoms with Crippen molar-refractivity contribution in [3.05, 3.63) is 59.4 Å². The summed E-state index contributed by atoms with van der Waals surface area (Å²) in [5, 5.41) is 10.2. The molecule has 1 heterocycles. The third kappa shape index (κ3) is 2.63. The van der Waals surface area contributed by atoms with Crippen LogP contribution in [0.1, 0.15) is 23.1 Å². The highest BCUT2D eigenvalue weighted by molar-refractivity contribution is 5.32. The van der Waals surface area contributed by atoms with Crippen LogP contribution in [0, 0.1) is 6.92 Å². The van der Waals surface area contributed by atoms with Crippen LogP contribution in [0.15, 0.2) is 42.5 Å². The van der Waals surface area contributed by atoms with Crippen molar-refractivity contribution in [2.24, 2.45) is 0 Å². The first-order valence-electron chi connectivity index (χ1n) is 5.46. The Labute approximate surface area is 101 Å². The number of aromatic nitrogens is 1. The number of rotatable bonds is 3. The molecule has 0 amide bonds. The highest BCUT2D eigenvalue weighted by Gasteiger charge is 2.11. The molecule has 0 aliphatic carbocycles. The molecule has 88 valence electrons. The zero-order valence-electron chi connectivity index (χ0n) is 9.92. The van der Waals surface area contributed by atoms with Crippen LogP contribution in [0.25, 0.3) is 0 Å². The fourth-order valence-electron chi connectivity index (χ4n) is 1.67. The quantitative estimate of drug-likeness (QED) is 0.879. The van der Waals surface area contributed by atoms with Crippen LogP contribution < -0.4 is 4.74 Å². The number of aliphatic hydroxyl groups excluding tert-OH is 1. The van der Waals surface area contributed by atoms with Gasteiger partial charge >= 0.3 is 0 Å². The van der Waals surface area contributed by atoms with Crippen LogP contribution in [0.2, 0.25) is 0 Å². The van der Waals surface area contributed by atoms with Crippen molar-refractivity contribution < 1.29 is 9.84 Å². The summed E-state index contributed by atoms with van der Waals surface area (Å²) in [6.45, 7) is 1.91. The topological polar surface area (TPSA) is 42.4 Å². The highest BCUT2D eigenvalue weighted by Crippen LogP contribution is 2.22. The summed E-state index contributed by atoms with van der Waals surface area (Å²) in [6, 6.07) is 13.0. The molecule has 1 atom stereocenters. The smallest absolute Gasteiger partial charge is 0.121 e. The molecular weight excluding hydrogens is 214 g/mol. The standard InChI is InChI=1S/C14H15NO2/c1-10-4-3-5-13(15-10)14(16)11-6-8-12(17-2)9-7-11/h3-9,14,16H,1-2H3. The van der Waals surface area contributed by atoms with E-state index in [-0.39, 0.29) is 0 Å². The van der Waals surface area contributed by atoms with E-state index >= 15 is 0 Å². The zero-order valence-corrected chi connectivity index (χ0v) is 9.92. The van der Waals surface area contributed by atoms with Crippen LogP contribution >= 0.6 is 0 Å². The predicted molar refractivity (Wildman–Crippen MR) is 66.0 cm³/mol. The minimum absolute atomic E-state index is 0.662. The Morgan fingerprint density at radius 1 is 1.12 bits per heavy atom. The Morgan fingerprint density at radius 2 is 1.82 bits per heavy atom. The van der Waals surface area contributed by atoms with E-state index in [1.165, 1.54) is 0 Å². The number of ether oxygens (including phenoxy) is 1. The summed E-state index contributed by atoms with van der Waals surface area (Å²) in [5.74, 6) is 0.776. The number of aliphatic hydroxyl groups is 1. The molecule has 2 aromatic rings. The molecule has 1 N–H and O–H groups in total. The van der Waals surface area contributed by atoms with Gasteiger partial charge in [0.25, 0.3) is 0 Å². The number of hydrogen-bond acceptors (Lipinski definition) is 3. The molecule has 0 aliphatic rings. The third-order valence-corrected chi connectivity index (χ3v) is 2.62. The summed E-state index contributed by atoms with van der Waals surface area (Å²) >= 11 is 0. The van der Waals surface area contributed by atoms with E-state index in [1.807, 2.05) is 49.4 Å². The summed E-state index contributed by atoms with van der Waals surface area (Å²) < 4.78 is 5.08. The van der Waals surface area contributed by atoms with Gasteiger partial charge in [-0.3, -0.25) is 4.98 Å². The van der Waals surface area contributed by atoms with Crippen LogP contribution in [-0.4, -0.2) is 17.2 Å².